The second-order valence-corrected chi connectivity index (χ2v) is 4.27. The Hall–Kier alpha value is -1.03. The molecule has 0 aromatic carbocycles. The maximum atomic E-state index is 9.73. The normalized spacial score (nSPS) is 25.8. The molecule has 0 saturated heterocycles. The van der Waals surface area contributed by atoms with Gasteiger partial charge in [-0.25, -0.2) is 0 Å². The van der Waals surface area contributed by atoms with E-state index >= 15 is 0 Å². The third kappa shape index (κ3) is 2.15. The van der Waals surface area contributed by atoms with E-state index < -0.39 is 0 Å². The van der Waals surface area contributed by atoms with E-state index in [1.807, 2.05) is 17.9 Å². The van der Waals surface area contributed by atoms with Crippen molar-refractivity contribution in [1.29, 1.82) is 0 Å². The molecule has 1 aliphatic rings. The highest BCUT2D eigenvalue weighted by Crippen LogP contribution is 2.24. The number of aromatic nitrogens is 2. The third-order valence-electron chi connectivity index (χ3n) is 3.06. The Bertz CT molecular complexity index is 335. The first-order valence-corrected chi connectivity index (χ1v) is 5.68. The lowest BCUT2D eigenvalue weighted by Gasteiger charge is -2.17. The van der Waals surface area contributed by atoms with Crippen LogP contribution in [0.4, 0.5) is 5.69 Å². The maximum absolute atomic E-state index is 9.73. The zero-order valence-electron chi connectivity index (χ0n) is 9.40. The lowest BCUT2D eigenvalue weighted by atomic mass is 10.2. The maximum Gasteiger partial charge on any atom is 0.0853 e. The number of hydrogen-bond acceptors (Lipinski definition) is 3. The van der Waals surface area contributed by atoms with E-state index in [-0.39, 0.29) is 12.1 Å². The zero-order valence-corrected chi connectivity index (χ0v) is 9.40. The Balaban J connectivity index is 2.09. The molecule has 84 valence electrons. The van der Waals surface area contributed by atoms with Crippen LogP contribution in [0, 0.1) is 0 Å². The van der Waals surface area contributed by atoms with Crippen molar-refractivity contribution >= 4 is 5.69 Å². The number of aliphatic hydroxyl groups is 1. The topological polar surface area (TPSA) is 50.1 Å². The highest BCUT2D eigenvalue weighted by molar-refractivity contribution is 5.47. The summed E-state index contributed by atoms with van der Waals surface area (Å²) in [4.78, 5) is 0. The van der Waals surface area contributed by atoms with Crippen LogP contribution in [-0.2, 0) is 13.5 Å². The van der Waals surface area contributed by atoms with Crippen molar-refractivity contribution < 1.29 is 5.11 Å². The summed E-state index contributed by atoms with van der Waals surface area (Å²) in [5, 5.41) is 17.5. The molecule has 4 nitrogen and oxygen atoms in total. The van der Waals surface area contributed by atoms with Gasteiger partial charge < -0.3 is 10.4 Å². The van der Waals surface area contributed by atoms with Crippen molar-refractivity contribution in [2.24, 2.45) is 7.05 Å². The van der Waals surface area contributed by atoms with Gasteiger partial charge in [0, 0.05) is 13.2 Å². The van der Waals surface area contributed by atoms with Gasteiger partial charge >= 0.3 is 0 Å². The Morgan fingerprint density at radius 3 is 3.00 bits per heavy atom. The first kappa shape index (κ1) is 10.5. The van der Waals surface area contributed by atoms with Crippen molar-refractivity contribution in [3.05, 3.63) is 11.9 Å². The molecule has 4 heteroatoms. The molecule has 0 unspecified atom stereocenters. The molecule has 0 aliphatic heterocycles. The summed E-state index contributed by atoms with van der Waals surface area (Å²) in [7, 11) is 1.93. The summed E-state index contributed by atoms with van der Waals surface area (Å²) >= 11 is 0. The summed E-state index contributed by atoms with van der Waals surface area (Å²) in [6.45, 7) is 2.10. The SMILES string of the molecule is CCc1nn(C)cc1N[C@H]1CCC[C@@H]1O. The molecule has 2 rings (SSSR count). The Labute approximate surface area is 90.3 Å². The number of aliphatic hydroxyl groups excluding tert-OH is 1. The fraction of sp³-hybridized carbons (Fsp3) is 0.727. The average molecular weight is 209 g/mol. The van der Waals surface area contributed by atoms with Gasteiger partial charge in [0.15, 0.2) is 0 Å². The molecule has 2 N–H and O–H groups in total. The fourth-order valence-corrected chi connectivity index (χ4v) is 2.22. The minimum Gasteiger partial charge on any atom is -0.391 e. The molecular formula is C11H19N3O. The van der Waals surface area contributed by atoms with E-state index in [1.165, 1.54) is 0 Å². The Kier molecular flexibility index (Phi) is 2.95. The Morgan fingerprint density at radius 2 is 2.40 bits per heavy atom. The molecule has 2 atom stereocenters. The van der Waals surface area contributed by atoms with Crippen LogP contribution in [0.2, 0.25) is 0 Å². The molecule has 1 aromatic heterocycles. The van der Waals surface area contributed by atoms with Gasteiger partial charge in [-0.3, -0.25) is 4.68 Å². The van der Waals surface area contributed by atoms with Crippen molar-refractivity contribution in [2.75, 3.05) is 5.32 Å². The molecule has 0 amide bonds. The van der Waals surface area contributed by atoms with Gasteiger partial charge in [0.1, 0.15) is 0 Å². The van der Waals surface area contributed by atoms with Crippen molar-refractivity contribution in [3.8, 4) is 0 Å². The fourth-order valence-electron chi connectivity index (χ4n) is 2.22. The van der Waals surface area contributed by atoms with Crippen LogP contribution in [0.25, 0.3) is 0 Å². The van der Waals surface area contributed by atoms with E-state index in [1.54, 1.807) is 0 Å². The monoisotopic (exact) mass is 209 g/mol. The van der Waals surface area contributed by atoms with Crippen LogP contribution in [0.1, 0.15) is 31.9 Å². The minimum absolute atomic E-state index is 0.199. The highest BCUT2D eigenvalue weighted by atomic mass is 16.3. The van der Waals surface area contributed by atoms with Crippen LogP contribution in [0.3, 0.4) is 0 Å². The predicted octanol–water partition coefficient (Wildman–Crippen LogP) is 1.31. The molecule has 0 radical (unpaired) electrons. The standard InChI is InChI=1S/C11H19N3O/c1-3-8-10(7-14(2)13-8)12-9-5-4-6-11(9)15/h7,9,11-12,15H,3-6H2,1-2H3/t9-,11-/m0/s1. The van der Waals surface area contributed by atoms with E-state index in [0.717, 1.165) is 37.1 Å². The smallest absolute Gasteiger partial charge is 0.0853 e. The number of nitrogens with zero attached hydrogens (tertiary/aromatic N) is 2. The lowest BCUT2D eigenvalue weighted by Crippen LogP contribution is -2.28. The summed E-state index contributed by atoms with van der Waals surface area (Å²) < 4.78 is 1.82. The van der Waals surface area contributed by atoms with Gasteiger partial charge in [0.2, 0.25) is 0 Å². The second-order valence-electron chi connectivity index (χ2n) is 4.27. The largest absolute Gasteiger partial charge is 0.391 e. The summed E-state index contributed by atoms with van der Waals surface area (Å²) in [5.41, 5.74) is 2.16. The average Bonchev–Trinajstić information content (AvgIpc) is 2.75. The minimum atomic E-state index is -0.199. The van der Waals surface area contributed by atoms with Gasteiger partial charge in [0.25, 0.3) is 0 Å². The van der Waals surface area contributed by atoms with Gasteiger partial charge in [-0.1, -0.05) is 6.92 Å². The van der Waals surface area contributed by atoms with E-state index in [4.69, 9.17) is 0 Å². The van der Waals surface area contributed by atoms with Gasteiger partial charge in [-0.15, -0.1) is 0 Å². The van der Waals surface area contributed by atoms with Crippen molar-refractivity contribution in [3.63, 3.8) is 0 Å². The van der Waals surface area contributed by atoms with Crippen LogP contribution >= 0.6 is 0 Å². The van der Waals surface area contributed by atoms with Crippen LogP contribution < -0.4 is 5.32 Å². The first-order chi connectivity index (χ1) is 7.20. The summed E-state index contributed by atoms with van der Waals surface area (Å²) in [6.07, 6.45) is 5.80. The van der Waals surface area contributed by atoms with Gasteiger partial charge in [-0.05, 0) is 25.7 Å². The van der Waals surface area contributed by atoms with Gasteiger partial charge in [0.05, 0.1) is 23.5 Å². The first-order valence-electron chi connectivity index (χ1n) is 5.68. The number of hydrogen-bond donors (Lipinski definition) is 2. The van der Waals surface area contributed by atoms with Crippen molar-refractivity contribution in [1.82, 2.24) is 9.78 Å². The molecule has 1 aliphatic carbocycles. The quantitative estimate of drug-likeness (QED) is 0.789. The van der Waals surface area contributed by atoms with Crippen LogP contribution in [0.15, 0.2) is 6.20 Å². The lowest BCUT2D eigenvalue weighted by molar-refractivity contribution is 0.172. The molecule has 1 saturated carbocycles. The summed E-state index contributed by atoms with van der Waals surface area (Å²) in [6, 6.07) is 0.208. The van der Waals surface area contributed by atoms with E-state index in [0.29, 0.717) is 0 Å². The van der Waals surface area contributed by atoms with Crippen molar-refractivity contribution in [2.45, 2.75) is 44.8 Å². The molecule has 15 heavy (non-hydrogen) atoms. The molecular weight excluding hydrogens is 190 g/mol. The highest BCUT2D eigenvalue weighted by Gasteiger charge is 2.25. The van der Waals surface area contributed by atoms with E-state index in [9.17, 15) is 5.11 Å². The third-order valence-corrected chi connectivity index (χ3v) is 3.06. The molecule has 0 bridgehead atoms. The Morgan fingerprint density at radius 1 is 1.60 bits per heavy atom. The molecule has 1 fully saturated rings. The number of anilines is 1. The molecule has 1 heterocycles. The molecule has 0 spiro atoms. The zero-order chi connectivity index (χ0) is 10.8. The number of rotatable bonds is 3. The summed E-state index contributed by atoms with van der Waals surface area (Å²) in [5.74, 6) is 0. The predicted molar refractivity (Wildman–Crippen MR) is 59.9 cm³/mol. The van der Waals surface area contributed by atoms with Gasteiger partial charge in [-0.2, -0.15) is 5.10 Å². The number of nitrogens with one attached hydrogen (secondary N) is 1. The molecule has 1 aromatic rings. The van der Waals surface area contributed by atoms with E-state index in [2.05, 4.69) is 17.3 Å². The van der Waals surface area contributed by atoms with Crippen LogP contribution in [0.5, 0.6) is 0 Å². The number of aryl methyl sites for hydroxylation is 2. The second kappa shape index (κ2) is 4.23. The van der Waals surface area contributed by atoms with Crippen LogP contribution in [-0.4, -0.2) is 27.0 Å².